The highest BCUT2D eigenvalue weighted by atomic mass is 32.2. The smallest absolute Gasteiger partial charge is 0.246 e. The van der Waals surface area contributed by atoms with E-state index in [4.69, 9.17) is 4.52 Å². The largest absolute Gasteiger partial charge is 0.360 e. The Morgan fingerprint density at radius 1 is 1.33 bits per heavy atom. The van der Waals surface area contributed by atoms with Crippen LogP contribution in [0.25, 0.3) is 0 Å². The van der Waals surface area contributed by atoms with Crippen molar-refractivity contribution >= 4 is 15.9 Å². The van der Waals surface area contributed by atoms with Gasteiger partial charge in [-0.15, -0.1) is 0 Å². The second-order valence-electron chi connectivity index (χ2n) is 5.19. The maximum Gasteiger partial charge on any atom is 0.246 e. The molecule has 0 fully saturated rings. The lowest BCUT2D eigenvalue weighted by molar-refractivity contribution is -0.123. The van der Waals surface area contributed by atoms with Crippen LogP contribution in [0.2, 0.25) is 0 Å². The topological polar surface area (TPSA) is 101 Å². The minimum atomic E-state index is -3.84. The quantitative estimate of drug-likeness (QED) is 0.788. The lowest BCUT2D eigenvalue weighted by atomic mass is 10.2. The molecule has 1 unspecified atom stereocenters. The van der Waals surface area contributed by atoms with E-state index in [1.807, 2.05) is 13.8 Å². The summed E-state index contributed by atoms with van der Waals surface area (Å²) < 4.78 is 31.7. The number of nitrogens with one attached hydrogen (secondary N) is 2. The monoisotopic (exact) mass is 317 g/mol. The Morgan fingerprint density at radius 3 is 2.43 bits per heavy atom. The molecule has 7 nitrogen and oxygen atoms in total. The predicted octanol–water partition coefficient (Wildman–Crippen LogP) is 1.26. The van der Waals surface area contributed by atoms with E-state index < -0.39 is 16.1 Å². The molecule has 1 heterocycles. The van der Waals surface area contributed by atoms with Crippen molar-refractivity contribution in [3.63, 3.8) is 0 Å². The zero-order valence-corrected chi connectivity index (χ0v) is 13.9. The summed E-state index contributed by atoms with van der Waals surface area (Å²) in [6.07, 6.45) is 1.79. The first-order chi connectivity index (χ1) is 9.69. The fourth-order valence-electron chi connectivity index (χ4n) is 2.08. The summed E-state index contributed by atoms with van der Waals surface area (Å²) in [7, 11) is -3.84. The van der Waals surface area contributed by atoms with Gasteiger partial charge in [-0.2, -0.15) is 4.72 Å². The average Bonchev–Trinajstić information content (AvgIpc) is 2.69. The van der Waals surface area contributed by atoms with Crippen molar-refractivity contribution in [3.05, 3.63) is 11.5 Å². The van der Waals surface area contributed by atoms with Gasteiger partial charge in [0.05, 0.1) is 6.04 Å². The Kier molecular flexibility index (Phi) is 5.91. The first kappa shape index (κ1) is 17.6. The Bertz CT molecular complexity index is 575. The van der Waals surface area contributed by atoms with Gasteiger partial charge in [0, 0.05) is 6.04 Å². The molecule has 2 N–H and O–H groups in total. The number of sulfonamides is 1. The number of aromatic nitrogens is 1. The summed E-state index contributed by atoms with van der Waals surface area (Å²) in [5.41, 5.74) is 0.270. The molecule has 120 valence electrons. The highest BCUT2D eigenvalue weighted by molar-refractivity contribution is 7.89. The predicted molar refractivity (Wildman–Crippen MR) is 78.3 cm³/mol. The molecule has 0 aliphatic carbocycles. The molecule has 1 rings (SSSR count). The van der Waals surface area contributed by atoms with Crippen molar-refractivity contribution in [1.82, 2.24) is 15.2 Å². The SMILES string of the molecule is CCCC(C)NC(=O)[C@H](C)NS(=O)(=O)c1c(C)noc1C. The van der Waals surface area contributed by atoms with Crippen LogP contribution in [0.3, 0.4) is 0 Å². The number of rotatable bonds is 7. The average molecular weight is 317 g/mol. The second kappa shape index (κ2) is 7.04. The van der Waals surface area contributed by atoms with E-state index in [0.717, 1.165) is 12.8 Å². The summed E-state index contributed by atoms with van der Waals surface area (Å²) >= 11 is 0. The highest BCUT2D eigenvalue weighted by Crippen LogP contribution is 2.18. The van der Waals surface area contributed by atoms with Crippen LogP contribution in [0.5, 0.6) is 0 Å². The van der Waals surface area contributed by atoms with E-state index in [0.29, 0.717) is 0 Å². The minimum absolute atomic E-state index is 0.00789. The van der Waals surface area contributed by atoms with Crippen molar-refractivity contribution < 1.29 is 17.7 Å². The molecule has 1 aromatic rings. The number of carbonyl (C=O) groups excluding carboxylic acids is 1. The zero-order valence-electron chi connectivity index (χ0n) is 13.1. The Morgan fingerprint density at radius 2 is 1.95 bits per heavy atom. The lowest BCUT2D eigenvalue weighted by Gasteiger charge is -2.18. The normalized spacial score (nSPS) is 14.7. The molecule has 8 heteroatoms. The lowest BCUT2D eigenvalue weighted by Crippen LogP contribution is -2.47. The second-order valence-corrected chi connectivity index (χ2v) is 6.85. The first-order valence-corrected chi connectivity index (χ1v) is 8.43. The van der Waals surface area contributed by atoms with Gasteiger partial charge in [0.15, 0.2) is 5.76 Å². The van der Waals surface area contributed by atoms with E-state index in [9.17, 15) is 13.2 Å². The van der Waals surface area contributed by atoms with Gasteiger partial charge in [-0.25, -0.2) is 8.42 Å². The molecule has 21 heavy (non-hydrogen) atoms. The molecule has 1 amide bonds. The van der Waals surface area contributed by atoms with Gasteiger partial charge in [-0.05, 0) is 34.1 Å². The number of aryl methyl sites for hydroxylation is 2. The van der Waals surface area contributed by atoms with Crippen molar-refractivity contribution in [1.29, 1.82) is 0 Å². The summed E-state index contributed by atoms with van der Waals surface area (Å²) in [5, 5.41) is 6.39. The summed E-state index contributed by atoms with van der Waals surface area (Å²) in [6.45, 7) is 8.47. The van der Waals surface area contributed by atoms with Gasteiger partial charge >= 0.3 is 0 Å². The molecule has 0 aromatic carbocycles. The fourth-order valence-corrected chi connectivity index (χ4v) is 3.61. The van der Waals surface area contributed by atoms with E-state index >= 15 is 0 Å². The molecular weight excluding hydrogens is 294 g/mol. The number of amides is 1. The van der Waals surface area contributed by atoms with Gasteiger partial charge in [0.2, 0.25) is 15.9 Å². The van der Waals surface area contributed by atoms with Crippen LogP contribution in [0.1, 0.15) is 45.1 Å². The van der Waals surface area contributed by atoms with E-state index in [2.05, 4.69) is 15.2 Å². The molecule has 2 atom stereocenters. The molecule has 1 aromatic heterocycles. The van der Waals surface area contributed by atoms with Gasteiger partial charge < -0.3 is 9.84 Å². The zero-order chi connectivity index (χ0) is 16.2. The van der Waals surface area contributed by atoms with Crippen molar-refractivity contribution in [2.24, 2.45) is 0 Å². The third-order valence-electron chi connectivity index (χ3n) is 3.07. The molecule has 0 bridgehead atoms. The summed E-state index contributed by atoms with van der Waals surface area (Å²) in [6, 6.07) is -0.864. The van der Waals surface area contributed by atoms with Gasteiger partial charge in [0.25, 0.3) is 0 Å². The van der Waals surface area contributed by atoms with Crippen molar-refractivity contribution in [2.75, 3.05) is 0 Å². The standard InChI is InChI=1S/C13H23N3O4S/c1-6-7-8(2)14-13(17)10(4)16-21(18,19)12-9(3)15-20-11(12)5/h8,10,16H,6-7H2,1-5H3,(H,14,17)/t8?,10-/m0/s1. The third kappa shape index (κ3) is 4.53. The maximum atomic E-state index is 12.3. The summed E-state index contributed by atoms with van der Waals surface area (Å²) in [5.74, 6) is -0.154. The van der Waals surface area contributed by atoms with Crippen molar-refractivity contribution in [2.45, 2.75) is 64.4 Å². The van der Waals surface area contributed by atoms with E-state index in [1.165, 1.54) is 13.8 Å². The van der Waals surface area contributed by atoms with Crippen LogP contribution in [0.15, 0.2) is 9.42 Å². The fraction of sp³-hybridized carbons (Fsp3) is 0.692. The van der Waals surface area contributed by atoms with Gasteiger partial charge in [-0.3, -0.25) is 4.79 Å². The van der Waals surface area contributed by atoms with Crippen molar-refractivity contribution in [3.8, 4) is 0 Å². The first-order valence-electron chi connectivity index (χ1n) is 6.94. The van der Waals surface area contributed by atoms with E-state index in [-0.39, 0.29) is 28.3 Å². The number of hydrogen-bond acceptors (Lipinski definition) is 5. The van der Waals surface area contributed by atoms with Crippen LogP contribution < -0.4 is 10.0 Å². The Labute approximate surface area is 125 Å². The van der Waals surface area contributed by atoms with Crippen LogP contribution in [0.4, 0.5) is 0 Å². The van der Waals surface area contributed by atoms with E-state index in [1.54, 1.807) is 6.92 Å². The Hall–Kier alpha value is -1.41. The number of nitrogens with zero attached hydrogens (tertiary/aromatic N) is 1. The van der Waals surface area contributed by atoms with Crippen LogP contribution in [0, 0.1) is 13.8 Å². The molecule has 0 aliphatic rings. The third-order valence-corrected chi connectivity index (χ3v) is 4.86. The highest BCUT2D eigenvalue weighted by Gasteiger charge is 2.28. The molecular formula is C13H23N3O4S. The minimum Gasteiger partial charge on any atom is -0.360 e. The van der Waals surface area contributed by atoms with Crippen LogP contribution >= 0.6 is 0 Å². The summed E-state index contributed by atoms with van der Waals surface area (Å²) in [4.78, 5) is 12.0. The number of hydrogen-bond donors (Lipinski definition) is 2. The van der Waals surface area contributed by atoms with Gasteiger partial charge in [-0.1, -0.05) is 18.5 Å². The Balaban J connectivity index is 2.78. The molecule has 0 radical (unpaired) electrons. The molecule has 0 saturated heterocycles. The van der Waals surface area contributed by atoms with Crippen LogP contribution in [-0.2, 0) is 14.8 Å². The number of carbonyl (C=O) groups is 1. The van der Waals surface area contributed by atoms with Crippen LogP contribution in [-0.4, -0.2) is 31.6 Å². The molecule has 0 aliphatic heterocycles. The van der Waals surface area contributed by atoms with Gasteiger partial charge in [0.1, 0.15) is 10.6 Å². The molecule has 0 spiro atoms. The molecule has 0 saturated carbocycles. The maximum absolute atomic E-state index is 12.3.